The predicted octanol–water partition coefficient (Wildman–Crippen LogP) is 7.24. The van der Waals surface area contributed by atoms with Gasteiger partial charge in [0.2, 0.25) is 0 Å². The maximum absolute atomic E-state index is 13.8. The van der Waals surface area contributed by atoms with E-state index in [1.165, 1.54) is 18.1 Å². The summed E-state index contributed by atoms with van der Waals surface area (Å²) < 4.78 is 11.7. The Morgan fingerprint density at radius 2 is 1.76 bits per heavy atom. The molecule has 3 aliphatic carbocycles. The van der Waals surface area contributed by atoms with E-state index in [9.17, 15) is 24.9 Å². The van der Waals surface area contributed by atoms with Crippen LogP contribution in [0, 0.1) is 45.8 Å². The van der Waals surface area contributed by atoms with Gasteiger partial charge in [-0.3, -0.25) is 4.79 Å². The van der Waals surface area contributed by atoms with Crippen molar-refractivity contribution >= 4 is 11.9 Å². The second-order valence-corrected chi connectivity index (χ2v) is 17.0. The maximum Gasteiger partial charge on any atom is 0.331 e. The first-order chi connectivity index (χ1) is 23.9. The first-order valence-corrected chi connectivity index (χ1v) is 19.6. The van der Waals surface area contributed by atoms with Crippen LogP contribution in [0.5, 0.6) is 0 Å². The zero-order chi connectivity index (χ0) is 35.6. The van der Waals surface area contributed by atoms with Crippen LogP contribution in [0.25, 0.3) is 0 Å². The summed E-state index contributed by atoms with van der Waals surface area (Å²) in [6.45, 7) is 6.66. The van der Waals surface area contributed by atoms with Gasteiger partial charge in [0.15, 0.2) is 0 Å². The molecule has 3 N–H and O–H groups in total. The van der Waals surface area contributed by atoms with Gasteiger partial charge in [-0.05, 0) is 99.5 Å². The van der Waals surface area contributed by atoms with Gasteiger partial charge in [0.25, 0.3) is 0 Å². The Hall–Kier alpha value is -2.66. The van der Waals surface area contributed by atoms with E-state index in [1.54, 1.807) is 0 Å². The van der Waals surface area contributed by atoms with Gasteiger partial charge < -0.3 is 24.8 Å². The number of rotatable bonds is 12. The van der Waals surface area contributed by atoms with Crippen molar-refractivity contribution in [1.82, 2.24) is 0 Å². The number of benzene rings is 1. The monoisotopic (exact) mass is 688 g/mol. The van der Waals surface area contributed by atoms with Gasteiger partial charge in [0.05, 0.1) is 35.1 Å². The summed E-state index contributed by atoms with van der Waals surface area (Å²) >= 11 is 0. The predicted molar refractivity (Wildman–Crippen MR) is 192 cm³/mol. The van der Waals surface area contributed by atoms with Crippen LogP contribution in [0.3, 0.4) is 0 Å². The lowest BCUT2D eigenvalue weighted by molar-refractivity contribution is -0.338. The highest BCUT2D eigenvalue weighted by Gasteiger charge is 2.77. The SMILES string of the molecule is C[C@H](CCCc1ccccc1)CC[C@H](O)[C@]12[C@H](O)CC[C@@](C)(C3CCCCC3)[C@@H]1[C@@H]1C[C@](C)(C#CCCC(=O)O1)[C@]2(O)CCC1=CC(=O)OC1. The normalized spacial score (nSPS) is 37.1. The van der Waals surface area contributed by atoms with Crippen LogP contribution >= 0.6 is 0 Å². The maximum atomic E-state index is 13.8. The molecule has 0 saturated heterocycles. The standard InChI is InChI=1S/C43H60O7/c1-30(13-12-16-31-14-6-4-7-15-31)20-21-35(44)43-36(45)23-25-41(3,33-17-8-5-9-18-33)39(43)34-28-40(2,24-11-10-19-37(46)50-34)42(43,48)26-22-32-27-38(47)49-29-32/h4,6-7,14-15,27,30,33-36,39,44-45,48H,5,8-10,12-13,16-23,25-26,28-29H2,1-3H3/t30-,34+,35+,36-,39+,40+,41+,42-,43+/m1/s1. The largest absolute Gasteiger partial charge is 0.462 e. The number of aliphatic hydroxyl groups is 3. The molecule has 2 bridgehead atoms. The number of aliphatic hydroxyl groups excluding tert-OH is 2. The number of carbonyl (C=O) groups excluding carboxylic acids is 2. The van der Waals surface area contributed by atoms with Crippen molar-refractivity contribution in [2.24, 2.45) is 34.0 Å². The van der Waals surface area contributed by atoms with Gasteiger partial charge in [-0.25, -0.2) is 4.79 Å². The Labute approximate surface area is 299 Å². The smallest absolute Gasteiger partial charge is 0.331 e. The molecule has 7 heteroatoms. The van der Waals surface area contributed by atoms with Crippen LogP contribution in [0.1, 0.15) is 129 Å². The van der Waals surface area contributed by atoms with Gasteiger partial charge >= 0.3 is 11.9 Å². The zero-order valence-corrected chi connectivity index (χ0v) is 30.6. The van der Waals surface area contributed by atoms with Crippen LogP contribution in [0.15, 0.2) is 42.0 Å². The molecular weight excluding hydrogens is 628 g/mol. The molecule has 0 spiro atoms. The summed E-state index contributed by atoms with van der Waals surface area (Å²) in [4.78, 5) is 25.5. The van der Waals surface area contributed by atoms with Crippen molar-refractivity contribution in [3.63, 3.8) is 0 Å². The molecule has 2 aliphatic heterocycles. The molecule has 2 heterocycles. The molecule has 1 aromatic carbocycles. The number of aryl methyl sites for hydroxylation is 1. The number of fused-ring (bicyclic) bond motifs is 4. The lowest BCUT2D eigenvalue weighted by atomic mass is 9.35. The first-order valence-electron chi connectivity index (χ1n) is 19.6. The summed E-state index contributed by atoms with van der Waals surface area (Å²) in [5.74, 6) is 6.16. The number of hydrogen-bond acceptors (Lipinski definition) is 7. The molecule has 1 aromatic rings. The van der Waals surface area contributed by atoms with E-state index >= 15 is 0 Å². The van der Waals surface area contributed by atoms with Crippen molar-refractivity contribution in [3.8, 4) is 11.8 Å². The zero-order valence-electron chi connectivity index (χ0n) is 30.6. The summed E-state index contributed by atoms with van der Waals surface area (Å²) in [6.07, 6.45) is 11.2. The highest BCUT2D eigenvalue weighted by atomic mass is 16.5. The number of carbonyl (C=O) groups is 2. The number of esters is 2. The van der Waals surface area contributed by atoms with E-state index in [2.05, 4.69) is 50.0 Å². The quantitative estimate of drug-likeness (QED) is 0.157. The summed E-state index contributed by atoms with van der Waals surface area (Å²) in [7, 11) is 0. The Balaban J connectivity index is 1.41. The van der Waals surface area contributed by atoms with Gasteiger partial charge in [0.1, 0.15) is 12.7 Å². The molecular formula is C43H60O7. The lowest BCUT2D eigenvalue weighted by Gasteiger charge is -2.72. The first kappa shape index (κ1) is 37.1. The van der Waals surface area contributed by atoms with E-state index < -0.39 is 40.7 Å². The van der Waals surface area contributed by atoms with Crippen LogP contribution in [-0.2, 0) is 25.5 Å². The van der Waals surface area contributed by atoms with Gasteiger partial charge in [-0.1, -0.05) is 75.8 Å². The molecule has 274 valence electrons. The fourth-order valence-corrected chi connectivity index (χ4v) is 11.4. The number of hydrogen-bond donors (Lipinski definition) is 3. The summed E-state index contributed by atoms with van der Waals surface area (Å²) in [6, 6.07) is 10.5. The topological polar surface area (TPSA) is 113 Å². The molecule has 3 fully saturated rings. The van der Waals surface area contributed by atoms with Crippen molar-refractivity contribution in [2.75, 3.05) is 6.61 Å². The van der Waals surface area contributed by atoms with Gasteiger partial charge in [0, 0.05) is 24.8 Å². The van der Waals surface area contributed by atoms with E-state index in [0.29, 0.717) is 43.9 Å². The molecule has 3 saturated carbocycles. The molecule has 7 nitrogen and oxygen atoms in total. The van der Waals surface area contributed by atoms with Gasteiger partial charge in [-0.15, -0.1) is 5.92 Å². The Bertz CT molecular complexity index is 1450. The minimum atomic E-state index is -1.65. The van der Waals surface area contributed by atoms with Crippen LogP contribution in [0.2, 0.25) is 0 Å². The fraction of sp³-hybridized carbons (Fsp3) is 0.721. The molecule has 0 aromatic heterocycles. The highest BCUT2D eigenvalue weighted by molar-refractivity contribution is 5.85. The van der Waals surface area contributed by atoms with Gasteiger partial charge in [-0.2, -0.15) is 0 Å². The fourth-order valence-electron chi connectivity index (χ4n) is 11.4. The highest BCUT2D eigenvalue weighted by Crippen LogP contribution is 2.71. The third kappa shape index (κ3) is 6.82. The lowest BCUT2D eigenvalue weighted by Crippen LogP contribution is -2.79. The molecule has 0 unspecified atom stereocenters. The third-order valence-corrected chi connectivity index (χ3v) is 14.0. The molecule has 5 aliphatic rings. The molecule has 6 rings (SSSR count). The molecule has 0 radical (unpaired) electrons. The molecule has 0 amide bonds. The molecule has 50 heavy (non-hydrogen) atoms. The van der Waals surface area contributed by atoms with Crippen molar-refractivity contribution in [1.29, 1.82) is 0 Å². The average molecular weight is 689 g/mol. The van der Waals surface area contributed by atoms with E-state index in [-0.39, 0.29) is 36.8 Å². The second kappa shape index (κ2) is 15.1. The van der Waals surface area contributed by atoms with Crippen LogP contribution in [-0.4, -0.2) is 57.8 Å². The van der Waals surface area contributed by atoms with E-state index in [4.69, 9.17) is 9.47 Å². The van der Waals surface area contributed by atoms with Crippen molar-refractivity contribution in [2.45, 2.75) is 154 Å². The molecule has 9 atom stereocenters. The van der Waals surface area contributed by atoms with Crippen LogP contribution in [0.4, 0.5) is 0 Å². The van der Waals surface area contributed by atoms with Crippen molar-refractivity contribution < 1.29 is 34.4 Å². The summed E-state index contributed by atoms with van der Waals surface area (Å²) in [5, 5.41) is 39.3. The Kier molecular flexibility index (Phi) is 11.2. The average Bonchev–Trinajstić information content (AvgIpc) is 3.55. The minimum Gasteiger partial charge on any atom is -0.462 e. The summed E-state index contributed by atoms with van der Waals surface area (Å²) in [5.41, 5.74) is -2.41. The van der Waals surface area contributed by atoms with E-state index in [1.807, 2.05) is 13.0 Å². The third-order valence-electron chi connectivity index (χ3n) is 14.0. The number of ether oxygens (including phenoxy) is 2. The minimum absolute atomic E-state index is 0.176. The Morgan fingerprint density at radius 3 is 2.48 bits per heavy atom. The second-order valence-electron chi connectivity index (χ2n) is 17.0. The van der Waals surface area contributed by atoms with E-state index in [0.717, 1.165) is 63.4 Å². The number of cyclic esters (lactones) is 1. The van der Waals surface area contributed by atoms with Crippen molar-refractivity contribution in [3.05, 3.63) is 47.5 Å². The van der Waals surface area contributed by atoms with Crippen LogP contribution < -0.4 is 0 Å². The Morgan fingerprint density at radius 1 is 1.00 bits per heavy atom.